The summed E-state index contributed by atoms with van der Waals surface area (Å²) in [7, 11) is 0. The van der Waals surface area contributed by atoms with E-state index in [0.717, 1.165) is 5.56 Å². The normalized spacial score (nSPS) is 11.0. The predicted octanol–water partition coefficient (Wildman–Crippen LogP) is 2.17. The highest BCUT2D eigenvalue weighted by Crippen LogP contribution is 2.31. The van der Waals surface area contributed by atoms with Crippen molar-refractivity contribution in [3.8, 4) is 17.2 Å². The summed E-state index contributed by atoms with van der Waals surface area (Å²) in [6.45, 7) is -1.04. The number of nitrogens with two attached hydrogens (primary N) is 2. The molecule has 210 valence electrons. The van der Waals surface area contributed by atoms with Crippen molar-refractivity contribution in [3.63, 3.8) is 0 Å². The number of carbonyl (C=O) groups excluding carboxylic acids is 3. The Morgan fingerprint density at radius 2 is 1.59 bits per heavy atom. The van der Waals surface area contributed by atoms with Gasteiger partial charge >= 0.3 is 5.97 Å². The lowest BCUT2D eigenvalue weighted by Gasteiger charge is -2.17. The van der Waals surface area contributed by atoms with Crippen LogP contribution < -0.4 is 27.4 Å². The molecule has 3 amide bonds. The van der Waals surface area contributed by atoms with Crippen LogP contribution in [0.15, 0.2) is 65.7 Å². The minimum absolute atomic E-state index is 0.00760. The number of halogens is 2. The molecule has 0 heterocycles. The standard InChI is InChI=1S/C27H23Cl2N7O5/c28-19-9-16(15-4-2-1-3-5-15)10-20(29)23(19)25(39)36-21(26(40)41)12-33-22(37)13-34-24(38)17-6-14(11-30)7-18(8-17)35-27(31)32/h1-10,21H,12-13H2,(H,33,37)(H,34,38)(H,36,39)(H,40,41)(H4,31,32,35)/t21-/m1/s1. The molecule has 41 heavy (non-hydrogen) atoms. The molecule has 14 heteroatoms. The summed E-state index contributed by atoms with van der Waals surface area (Å²) in [5, 5.41) is 25.7. The molecule has 0 aliphatic carbocycles. The van der Waals surface area contributed by atoms with Gasteiger partial charge in [0.05, 0.1) is 39.5 Å². The maximum atomic E-state index is 12.9. The van der Waals surface area contributed by atoms with Gasteiger partial charge in [0.2, 0.25) is 5.91 Å². The number of nitrogens with zero attached hydrogens (tertiary/aromatic N) is 2. The van der Waals surface area contributed by atoms with Gasteiger partial charge in [-0.15, -0.1) is 0 Å². The van der Waals surface area contributed by atoms with E-state index in [1.54, 1.807) is 0 Å². The van der Waals surface area contributed by atoms with E-state index in [1.807, 2.05) is 36.4 Å². The summed E-state index contributed by atoms with van der Waals surface area (Å²) >= 11 is 12.6. The van der Waals surface area contributed by atoms with E-state index in [1.165, 1.54) is 30.3 Å². The Morgan fingerprint density at radius 1 is 0.927 bits per heavy atom. The van der Waals surface area contributed by atoms with Crippen molar-refractivity contribution in [2.45, 2.75) is 6.04 Å². The number of rotatable bonds is 10. The van der Waals surface area contributed by atoms with Crippen LogP contribution in [-0.4, -0.2) is 53.9 Å². The molecule has 3 aromatic carbocycles. The van der Waals surface area contributed by atoms with E-state index in [0.29, 0.717) is 5.56 Å². The second-order valence-corrected chi connectivity index (χ2v) is 9.26. The minimum atomic E-state index is -1.54. The molecular formula is C27H23Cl2N7O5. The van der Waals surface area contributed by atoms with Gasteiger partial charge in [-0.25, -0.2) is 9.79 Å². The van der Waals surface area contributed by atoms with Gasteiger partial charge in [-0.3, -0.25) is 14.4 Å². The SMILES string of the molecule is N#Cc1cc(N=C(N)N)cc(C(=O)NCC(=O)NC[C@@H](NC(=O)c2c(Cl)cc(-c3ccccc3)cc2Cl)C(=O)O)c1. The third-order valence-electron chi connectivity index (χ3n) is 5.46. The Labute approximate surface area is 243 Å². The van der Waals surface area contributed by atoms with E-state index < -0.39 is 42.8 Å². The molecule has 0 aliphatic heterocycles. The van der Waals surface area contributed by atoms with Gasteiger partial charge in [-0.05, 0) is 41.5 Å². The van der Waals surface area contributed by atoms with Crippen molar-refractivity contribution in [1.29, 1.82) is 5.26 Å². The zero-order valence-electron chi connectivity index (χ0n) is 21.2. The zero-order chi connectivity index (χ0) is 30.1. The molecule has 3 aromatic rings. The van der Waals surface area contributed by atoms with Crippen LogP contribution in [0.4, 0.5) is 5.69 Å². The van der Waals surface area contributed by atoms with Crippen LogP contribution in [0.25, 0.3) is 11.1 Å². The third kappa shape index (κ3) is 8.43. The van der Waals surface area contributed by atoms with Crippen molar-refractivity contribution in [2.75, 3.05) is 13.1 Å². The summed E-state index contributed by atoms with van der Waals surface area (Å²) in [6.07, 6.45) is 0. The molecule has 8 N–H and O–H groups in total. The van der Waals surface area contributed by atoms with Gasteiger partial charge in [0.25, 0.3) is 11.8 Å². The summed E-state index contributed by atoms with van der Waals surface area (Å²) in [5.74, 6) is -4.03. The molecular weight excluding hydrogens is 573 g/mol. The van der Waals surface area contributed by atoms with Crippen molar-refractivity contribution in [3.05, 3.63) is 87.4 Å². The molecule has 0 unspecified atom stereocenters. The second-order valence-electron chi connectivity index (χ2n) is 8.45. The number of aliphatic imine (C=N–C) groups is 1. The maximum absolute atomic E-state index is 12.9. The van der Waals surface area contributed by atoms with E-state index in [-0.39, 0.29) is 38.4 Å². The summed E-state index contributed by atoms with van der Waals surface area (Å²) in [6, 6.07) is 16.5. The third-order valence-corrected chi connectivity index (χ3v) is 6.06. The number of carboxylic acid groups (broad SMARTS) is 1. The Kier molecular flexibility index (Phi) is 10.2. The smallest absolute Gasteiger partial charge is 0.328 e. The fourth-order valence-electron chi connectivity index (χ4n) is 3.58. The number of benzene rings is 3. The highest BCUT2D eigenvalue weighted by atomic mass is 35.5. The number of nitrogens with one attached hydrogen (secondary N) is 3. The lowest BCUT2D eigenvalue weighted by molar-refractivity contribution is -0.139. The van der Waals surface area contributed by atoms with Gasteiger partial charge < -0.3 is 32.5 Å². The van der Waals surface area contributed by atoms with Crippen molar-refractivity contribution < 1.29 is 24.3 Å². The van der Waals surface area contributed by atoms with Crippen molar-refractivity contribution in [1.82, 2.24) is 16.0 Å². The Morgan fingerprint density at radius 3 is 2.17 bits per heavy atom. The van der Waals surface area contributed by atoms with Crippen molar-refractivity contribution >= 4 is 58.5 Å². The molecule has 0 aromatic heterocycles. The average molecular weight is 596 g/mol. The van der Waals surface area contributed by atoms with E-state index >= 15 is 0 Å². The quantitative estimate of drug-likeness (QED) is 0.150. The lowest BCUT2D eigenvalue weighted by Crippen LogP contribution is -2.50. The van der Waals surface area contributed by atoms with Crippen LogP contribution >= 0.6 is 23.2 Å². The van der Waals surface area contributed by atoms with E-state index in [4.69, 9.17) is 39.9 Å². The molecule has 12 nitrogen and oxygen atoms in total. The van der Waals surface area contributed by atoms with Gasteiger partial charge in [0.15, 0.2) is 5.96 Å². The molecule has 0 fully saturated rings. The van der Waals surface area contributed by atoms with Gasteiger partial charge in [0, 0.05) is 12.1 Å². The molecule has 0 saturated carbocycles. The molecule has 0 aliphatic rings. The molecule has 0 bridgehead atoms. The molecule has 0 saturated heterocycles. The van der Waals surface area contributed by atoms with Crippen molar-refractivity contribution in [2.24, 2.45) is 16.5 Å². The first kappa shape index (κ1) is 30.4. The highest BCUT2D eigenvalue weighted by molar-refractivity contribution is 6.40. The monoisotopic (exact) mass is 595 g/mol. The van der Waals surface area contributed by atoms with Crippen LogP contribution in [0.3, 0.4) is 0 Å². The zero-order valence-corrected chi connectivity index (χ0v) is 22.7. The number of aliphatic carboxylic acids is 1. The first-order chi connectivity index (χ1) is 19.5. The topological polar surface area (TPSA) is 213 Å². The van der Waals surface area contributed by atoms with Crippen LogP contribution in [0.5, 0.6) is 0 Å². The number of amides is 3. The van der Waals surface area contributed by atoms with Crippen LogP contribution in [0, 0.1) is 11.3 Å². The van der Waals surface area contributed by atoms with Crippen LogP contribution in [-0.2, 0) is 9.59 Å². The van der Waals surface area contributed by atoms with Gasteiger partial charge in [0.1, 0.15) is 6.04 Å². The molecule has 3 rings (SSSR count). The van der Waals surface area contributed by atoms with Gasteiger partial charge in [-0.1, -0.05) is 53.5 Å². The van der Waals surface area contributed by atoms with Crippen LogP contribution in [0.2, 0.25) is 10.0 Å². The first-order valence-electron chi connectivity index (χ1n) is 11.8. The highest BCUT2D eigenvalue weighted by Gasteiger charge is 2.25. The molecule has 0 radical (unpaired) electrons. The Bertz CT molecular complexity index is 1540. The van der Waals surface area contributed by atoms with E-state index in [9.17, 15) is 24.3 Å². The number of carbonyl (C=O) groups is 4. The number of hydrogen-bond donors (Lipinski definition) is 6. The second kappa shape index (κ2) is 13.8. The summed E-state index contributed by atoms with van der Waals surface area (Å²) in [4.78, 5) is 53.2. The largest absolute Gasteiger partial charge is 0.480 e. The van der Waals surface area contributed by atoms with Gasteiger partial charge in [-0.2, -0.15) is 5.26 Å². The maximum Gasteiger partial charge on any atom is 0.328 e. The fraction of sp³-hybridized carbons (Fsp3) is 0.111. The first-order valence-corrected chi connectivity index (χ1v) is 12.5. The van der Waals surface area contributed by atoms with E-state index in [2.05, 4.69) is 20.9 Å². The summed E-state index contributed by atoms with van der Waals surface area (Å²) in [5.41, 5.74) is 12.3. The lowest BCUT2D eigenvalue weighted by atomic mass is 10.0. The number of hydrogen-bond acceptors (Lipinski definition) is 6. The Hall–Kier alpha value is -5.12. The molecule has 0 spiro atoms. The summed E-state index contributed by atoms with van der Waals surface area (Å²) < 4.78 is 0. The number of nitriles is 1. The molecule has 1 atom stereocenters. The Balaban J connectivity index is 1.61. The predicted molar refractivity (Wildman–Crippen MR) is 153 cm³/mol. The number of carboxylic acids is 1. The minimum Gasteiger partial charge on any atom is -0.480 e. The fourth-order valence-corrected chi connectivity index (χ4v) is 4.24. The average Bonchev–Trinajstić information content (AvgIpc) is 2.93. The number of guanidine groups is 1. The van der Waals surface area contributed by atoms with Crippen LogP contribution in [0.1, 0.15) is 26.3 Å².